The summed E-state index contributed by atoms with van der Waals surface area (Å²) in [7, 11) is 2.12. The van der Waals surface area contributed by atoms with Crippen LogP contribution in [0.5, 0.6) is 0 Å². The first-order chi connectivity index (χ1) is 9.67. The van der Waals surface area contributed by atoms with Crippen LogP contribution < -0.4 is 4.90 Å². The van der Waals surface area contributed by atoms with Gasteiger partial charge < -0.3 is 9.64 Å². The van der Waals surface area contributed by atoms with Crippen LogP contribution in [0, 0.1) is 0 Å². The molecule has 20 heavy (non-hydrogen) atoms. The smallest absolute Gasteiger partial charge is 0.305 e. The van der Waals surface area contributed by atoms with Crippen molar-refractivity contribution in [2.75, 3.05) is 25.1 Å². The summed E-state index contributed by atoms with van der Waals surface area (Å²) in [6, 6.07) is 8.73. The highest BCUT2D eigenvalue weighted by atomic mass is 16.5. The molecule has 0 amide bonds. The SMILES string of the molecule is CCOC(=O)CCCCCN(C)c1ccc(CC)cc1. The van der Waals surface area contributed by atoms with Crippen LogP contribution in [0.2, 0.25) is 0 Å². The van der Waals surface area contributed by atoms with E-state index in [2.05, 4.69) is 43.1 Å². The molecule has 0 fully saturated rings. The summed E-state index contributed by atoms with van der Waals surface area (Å²) in [4.78, 5) is 13.5. The molecule has 1 rings (SSSR count). The van der Waals surface area contributed by atoms with Gasteiger partial charge in [0.1, 0.15) is 0 Å². The summed E-state index contributed by atoms with van der Waals surface area (Å²) in [5.41, 5.74) is 2.63. The van der Waals surface area contributed by atoms with Crippen LogP contribution in [-0.4, -0.2) is 26.2 Å². The third-order valence-electron chi connectivity index (χ3n) is 3.47. The van der Waals surface area contributed by atoms with E-state index in [1.807, 2.05) is 6.92 Å². The Morgan fingerprint density at radius 2 is 1.80 bits per heavy atom. The number of esters is 1. The molecule has 0 unspecified atom stereocenters. The molecule has 0 N–H and O–H groups in total. The first-order valence-electron chi connectivity index (χ1n) is 7.63. The lowest BCUT2D eigenvalue weighted by molar-refractivity contribution is -0.143. The number of anilines is 1. The molecule has 0 spiro atoms. The zero-order chi connectivity index (χ0) is 14.8. The fourth-order valence-electron chi connectivity index (χ4n) is 2.14. The van der Waals surface area contributed by atoms with Gasteiger partial charge in [0.05, 0.1) is 6.61 Å². The molecule has 3 heteroatoms. The van der Waals surface area contributed by atoms with Crippen molar-refractivity contribution in [1.29, 1.82) is 0 Å². The average molecular weight is 277 g/mol. The minimum atomic E-state index is -0.0731. The van der Waals surface area contributed by atoms with Gasteiger partial charge in [-0.05, 0) is 43.9 Å². The highest BCUT2D eigenvalue weighted by molar-refractivity contribution is 5.69. The fraction of sp³-hybridized carbons (Fsp3) is 0.588. The number of rotatable bonds is 9. The molecule has 0 aliphatic heterocycles. The Hall–Kier alpha value is -1.51. The van der Waals surface area contributed by atoms with Crippen molar-refractivity contribution in [2.45, 2.75) is 46.0 Å². The molecule has 0 saturated carbocycles. The number of carbonyl (C=O) groups excluding carboxylic acids is 1. The Morgan fingerprint density at radius 1 is 1.10 bits per heavy atom. The van der Waals surface area contributed by atoms with Crippen molar-refractivity contribution in [3.05, 3.63) is 29.8 Å². The molecule has 0 aliphatic carbocycles. The van der Waals surface area contributed by atoms with Gasteiger partial charge in [0.25, 0.3) is 0 Å². The number of hydrogen-bond donors (Lipinski definition) is 0. The van der Waals surface area contributed by atoms with Crippen LogP contribution in [-0.2, 0) is 16.0 Å². The first kappa shape index (κ1) is 16.5. The molecule has 0 aliphatic rings. The molecular formula is C17H27NO2. The molecule has 0 aromatic heterocycles. The Morgan fingerprint density at radius 3 is 2.40 bits per heavy atom. The van der Waals surface area contributed by atoms with E-state index in [4.69, 9.17) is 4.74 Å². The number of benzene rings is 1. The van der Waals surface area contributed by atoms with Crippen LogP contribution in [0.15, 0.2) is 24.3 Å². The Bertz CT molecular complexity index is 386. The van der Waals surface area contributed by atoms with Crippen molar-refractivity contribution < 1.29 is 9.53 Å². The van der Waals surface area contributed by atoms with E-state index < -0.39 is 0 Å². The maximum Gasteiger partial charge on any atom is 0.305 e. The molecule has 0 heterocycles. The molecule has 3 nitrogen and oxygen atoms in total. The number of ether oxygens (including phenoxy) is 1. The zero-order valence-electron chi connectivity index (χ0n) is 13.0. The average Bonchev–Trinajstić information content (AvgIpc) is 2.47. The van der Waals surface area contributed by atoms with Crippen LogP contribution in [0.3, 0.4) is 0 Å². The molecule has 0 atom stereocenters. The van der Waals surface area contributed by atoms with Gasteiger partial charge in [-0.2, -0.15) is 0 Å². The summed E-state index contributed by atoms with van der Waals surface area (Å²) >= 11 is 0. The minimum absolute atomic E-state index is 0.0731. The van der Waals surface area contributed by atoms with Gasteiger partial charge in [-0.15, -0.1) is 0 Å². The Balaban J connectivity index is 2.19. The number of unbranched alkanes of at least 4 members (excludes halogenated alkanes) is 2. The van der Waals surface area contributed by atoms with Crippen molar-refractivity contribution in [1.82, 2.24) is 0 Å². The topological polar surface area (TPSA) is 29.5 Å². The van der Waals surface area contributed by atoms with Crippen LogP contribution in [0.4, 0.5) is 5.69 Å². The molecule has 0 saturated heterocycles. The fourth-order valence-corrected chi connectivity index (χ4v) is 2.14. The first-order valence-corrected chi connectivity index (χ1v) is 7.63. The Labute approximate surface area is 122 Å². The predicted octanol–water partition coefficient (Wildman–Crippen LogP) is 3.81. The van der Waals surface area contributed by atoms with Gasteiger partial charge >= 0.3 is 5.97 Å². The van der Waals surface area contributed by atoms with E-state index in [1.54, 1.807) is 0 Å². The monoisotopic (exact) mass is 277 g/mol. The molecule has 112 valence electrons. The highest BCUT2D eigenvalue weighted by Gasteiger charge is 2.03. The van der Waals surface area contributed by atoms with Crippen molar-refractivity contribution in [2.24, 2.45) is 0 Å². The maximum absolute atomic E-state index is 11.2. The van der Waals surface area contributed by atoms with E-state index in [0.29, 0.717) is 13.0 Å². The number of carbonyl (C=O) groups is 1. The number of aryl methyl sites for hydroxylation is 1. The van der Waals surface area contributed by atoms with Crippen molar-refractivity contribution in [3.63, 3.8) is 0 Å². The second kappa shape index (κ2) is 9.40. The van der Waals surface area contributed by atoms with Gasteiger partial charge in [-0.25, -0.2) is 0 Å². The van der Waals surface area contributed by atoms with Gasteiger partial charge in [-0.3, -0.25) is 4.79 Å². The third-order valence-corrected chi connectivity index (χ3v) is 3.47. The van der Waals surface area contributed by atoms with E-state index in [1.165, 1.54) is 11.3 Å². The Kier molecular flexibility index (Phi) is 7.78. The molecular weight excluding hydrogens is 250 g/mol. The second-order valence-corrected chi connectivity index (χ2v) is 5.06. The molecule has 0 radical (unpaired) electrons. The van der Waals surface area contributed by atoms with Gasteiger partial charge in [0.15, 0.2) is 0 Å². The lowest BCUT2D eigenvalue weighted by atomic mass is 10.1. The summed E-state index contributed by atoms with van der Waals surface area (Å²) in [5, 5.41) is 0. The predicted molar refractivity (Wildman–Crippen MR) is 84.2 cm³/mol. The van der Waals surface area contributed by atoms with Crippen molar-refractivity contribution in [3.8, 4) is 0 Å². The van der Waals surface area contributed by atoms with Crippen LogP contribution in [0.25, 0.3) is 0 Å². The summed E-state index contributed by atoms with van der Waals surface area (Å²) in [5.74, 6) is -0.0731. The second-order valence-electron chi connectivity index (χ2n) is 5.06. The lowest BCUT2D eigenvalue weighted by Gasteiger charge is -2.19. The number of hydrogen-bond acceptors (Lipinski definition) is 3. The highest BCUT2D eigenvalue weighted by Crippen LogP contribution is 2.15. The van der Waals surface area contributed by atoms with E-state index in [9.17, 15) is 4.79 Å². The standard InChI is InChI=1S/C17H27NO2/c1-4-15-10-12-16(13-11-15)18(3)14-8-6-7-9-17(19)20-5-2/h10-13H,4-9,14H2,1-3H3. The summed E-state index contributed by atoms with van der Waals surface area (Å²) < 4.78 is 4.91. The quantitative estimate of drug-likeness (QED) is 0.508. The normalized spacial score (nSPS) is 10.3. The van der Waals surface area contributed by atoms with E-state index >= 15 is 0 Å². The van der Waals surface area contributed by atoms with Gasteiger partial charge in [0.2, 0.25) is 0 Å². The zero-order valence-corrected chi connectivity index (χ0v) is 13.0. The summed E-state index contributed by atoms with van der Waals surface area (Å²) in [6.45, 7) is 5.52. The minimum Gasteiger partial charge on any atom is -0.466 e. The summed E-state index contributed by atoms with van der Waals surface area (Å²) in [6.07, 6.45) is 4.71. The third kappa shape index (κ3) is 6.09. The van der Waals surface area contributed by atoms with Gasteiger partial charge in [-0.1, -0.05) is 25.5 Å². The van der Waals surface area contributed by atoms with Crippen LogP contribution in [0.1, 0.15) is 45.1 Å². The van der Waals surface area contributed by atoms with E-state index in [-0.39, 0.29) is 5.97 Å². The van der Waals surface area contributed by atoms with Gasteiger partial charge in [0, 0.05) is 25.7 Å². The maximum atomic E-state index is 11.2. The van der Waals surface area contributed by atoms with Crippen molar-refractivity contribution >= 4 is 11.7 Å². The van der Waals surface area contributed by atoms with E-state index in [0.717, 1.165) is 32.2 Å². The largest absolute Gasteiger partial charge is 0.466 e. The van der Waals surface area contributed by atoms with Crippen LogP contribution >= 0.6 is 0 Å². The molecule has 1 aromatic rings. The number of nitrogens with zero attached hydrogens (tertiary/aromatic N) is 1. The molecule has 1 aromatic carbocycles. The lowest BCUT2D eigenvalue weighted by Crippen LogP contribution is -2.18. The molecule has 0 bridgehead atoms.